The molecule has 0 saturated carbocycles. The summed E-state index contributed by atoms with van der Waals surface area (Å²) in [7, 11) is 0. The Hall–Kier alpha value is -1.75. The van der Waals surface area contributed by atoms with Crippen LogP contribution in [0.1, 0.15) is 36.0 Å². The predicted molar refractivity (Wildman–Crippen MR) is 80.5 cm³/mol. The molecule has 0 aliphatic carbocycles. The number of aromatic nitrogens is 2. The molecule has 0 saturated heterocycles. The second-order valence-electron chi connectivity index (χ2n) is 4.61. The molecule has 0 fully saturated rings. The van der Waals surface area contributed by atoms with Crippen LogP contribution in [0.25, 0.3) is 0 Å². The molecule has 0 spiro atoms. The molecule has 4 nitrogen and oxygen atoms in total. The number of nitrogens with one attached hydrogen (secondary N) is 1. The molecule has 1 amide bonds. The summed E-state index contributed by atoms with van der Waals surface area (Å²) in [6.07, 6.45) is 6.85. The first-order valence-electron chi connectivity index (χ1n) is 6.87. The monoisotopic (exact) mass is 289 g/mol. The Morgan fingerprint density at radius 1 is 1.30 bits per heavy atom. The number of nitrogens with zero attached hydrogens (tertiary/aromatic N) is 2. The maximum absolute atomic E-state index is 11.8. The average molecular weight is 289 g/mol. The van der Waals surface area contributed by atoms with Gasteiger partial charge in [0.15, 0.2) is 0 Å². The summed E-state index contributed by atoms with van der Waals surface area (Å²) in [5.41, 5.74) is 2.09. The maximum Gasteiger partial charge on any atom is 0.220 e. The fourth-order valence-electron chi connectivity index (χ4n) is 1.84. The van der Waals surface area contributed by atoms with Crippen LogP contribution in [0, 0.1) is 0 Å². The Bertz CT molecular complexity index is 539. The Kier molecular flexibility index (Phi) is 5.68. The minimum absolute atomic E-state index is 0.0619. The molecule has 0 aliphatic heterocycles. The summed E-state index contributed by atoms with van der Waals surface area (Å²) in [5.74, 6) is 0.0619. The van der Waals surface area contributed by atoms with Crippen molar-refractivity contribution in [3.05, 3.63) is 46.2 Å². The number of pyridine rings is 1. The molecule has 0 aliphatic rings. The molecule has 2 aromatic rings. The summed E-state index contributed by atoms with van der Waals surface area (Å²) >= 11 is 1.67. The van der Waals surface area contributed by atoms with Crippen molar-refractivity contribution in [2.75, 3.05) is 0 Å². The van der Waals surface area contributed by atoms with E-state index < -0.39 is 0 Å². The second-order valence-corrected chi connectivity index (χ2v) is 5.56. The molecule has 2 heterocycles. The van der Waals surface area contributed by atoms with E-state index >= 15 is 0 Å². The van der Waals surface area contributed by atoms with Gasteiger partial charge in [-0.25, -0.2) is 4.98 Å². The molecule has 0 unspecified atom stereocenters. The fraction of sp³-hybridized carbons (Fsp3) is 0.400. The highest BCUT2D eigenvalue weighted by molar-refractivity contribution is 7.09. The van der Waals surface area contributed by atoms with Gasteiger partial charge < -0.3 is 5.32 Å². The first kappa shape index (κ1) is 14.7. The lowest BCUT2D eigenvalue weighted by Crippen LogP contribution is -2.23. The molecular formula is C15H19N3OS. The number of hydrogen-bond donors (Lipinski definition) is 1. The van der Waals surface area contributed by atoms with Crippen molar-refractivity contribution >= 4 is 17.2 Å². The van der Waals surface area contributed by atoms with Crippen molar-refractivity contribution in [1.82, 2.24) is 15.3 Å². The van der Waals surface area contributed by atoms with Gasteiger partial charge in [-0.1, -0.05) is 6.92 Å². The van der Waals surface area contributed by atoms with E-state index in [1.165, 1.54) is 0 Å². The van der Waals surface area contributed by atoms with Gasteiger partial charge in [0.1, 0.15) is 0 Å². The van der Waals surface area contributed by atoms with Crippen molar-refractivity contribution in [2.45, 2.75) is 39.2 Å². The molecule has 20 heavy (non-hydrogen) atoms. The number of thiazole rings is 1. The third-order valence-corrected chi connectivity index (χ3v) is 3.88. The Labute approximate surface area is 123 Å². The second kappa shape index (κ2) is 7.75. The Morgan fingerprint density at radius 3 is 2.85 bits per heavy atom. The summed E-state index contributed by atoms with van der Waals surface area (Å²) < 4.78 is 0. The van der Waals surface area contributed by atoms with E-state index in [9.17, 15) is 4.79 Å². The van der Waals surface area contributed by atoms with E-state index in [0.717, 1.165) is 35.5 Å². The number of carbonyl (C=O) groups is 1. The average Bonchev–Trinajstić information content (AvgIpc) is 2.92. The number of amides is 1. The summed E-state index contributed by atoms with van der Waals surface area (Å²) in [6, 6.07) is 3.87. The van der Waals surface area contributed by atoms with Crippen molar-refractivity contribution in [1.29, 1.82) is 0 Å². The van der Waals surface area contributed by atoms with Crippen molar-refractivity contribution < 1.29 is 4.79 Å². The summed E-state index contributed by atoms with van der Waals surface area (Å²) in [5, 5.41) is 6.08. The summed E-state index contributed by atoms with van der Waals surface area (Å²) in [4.78, 5) is 20.2. The molecule has 1 N–H and O–H groups in total. The predicted octanol–water partition coefficient (Wildman–Crippen LogP) is 2.74. The summed E-state index contributed by atoms with van der Waals surface area (Å²) in [6.45, 7) is 2.66. The molecule has 0 atom stereocenters. The van der Waals surface area contributed by atoms with Crippen LogP contribution >= 0.6 is 11.3 Å². The lowest BCUT2D eigenvalue weighted by atomic mass is 10.1. The van der Waals surface area contributed by atoms with Crippen LogP contribution in [0.2, 0.25) is 0 Å². The van der Waals surface area contributed by atoms with E-state index in [0.29, 0.717) is 13.0 Å². The smallest absolute Gasteiger partial charge is 0.220 e. The van der Waals surface area contributed by atoms with Gasteiger partial charge in [-0.05, 0) is 37.0 Å². The van der Waals surface area contributed by atoms with E-state index in [1.807, 2.05) is 17.5 Å². The molecule has 0 radical (unpaired) electrons. The van der Waals surface area contributed by atoms with Crippen molar-refractivity contribution in [2.24, 2.45) is 0 Å². The number of hydrogen-bond acceptors (Lipinski definition) is 4. The molecular weight excluding hydrogens is 270 g/mol. The lowest BCUT2D eigenvalue weighted by molar-refractivity contribution is -0.121. The van der Waals surface area contributed by atoms with Crippen molar-refractivity contribution in [3.63, 3.8) is 0 Å². The van der Waals surface area contributed by atoms with Crippen LogP contribution in [-0.4, -0.2) is 15.9 Å². The lowest BCUT2D eigenvalue weighted by Gasteiger charge is -2.03. The number of carbonyl (C=O) groups excluding carboxylic acids is 1. The molecule has 0 aromatic carbocycles. The van der Waals surface area contributed by atoms with E-state index in [-0.39, 0.29) is 5.91 Å². The highest BCUT2D eigenvalue weighted by Crippen LogP contribution is 2.11. The van der Waals surface area contributed by atoms with E-state index in [2.05, 4.69) is 22.2 Å². The highest BCUT2D eigenvalue weighted by Gasteiger charge is 2.05. The van der Waals surface area contributed by atoms with Crippen LogP contribution < -0.4 is 5.32 Å². The molecule has 5 heteroatoms. The Balaban J connectivity index is 1.71. The van der Waals surface area contributed by atoms with Crippen LogP contribution in [0.3, 0.4) is 0 Å². The standard InChI is InChI=1S/C15H19N3OS/c1-2-3-15-18-13(11-20-15)10-17-14(19)5-4-12-6-8-16-9-7-12/h6-9,11H,2-5,10H2,1H3,(H,17,19). The largest absolute Gasteiger partial charge is 0.350 e. The normalized spacial score (nSPS) is 10.4. The van der Waals surface area contributed by atoms with Gasteiger partial charge in [-0.2, -0.15) is 0 Å². The van der Waals surface area contributed by atoms with Crippen molar-refractivity contribution in [3.8, 4) is 0 Å². The van der Waals surface area contributed by atoms with Gasteiger partial charge in [-0.3, -0.25) is 9.78 Å². The van der Waals surface area contributed by atoms with E-state index in [4.69, 9.17) is 0 Å². The van der Waals surface area contributed by atoms with Gasteiger partial charge in [0.2, 0.25) is 5.91 Å². The quantitative estimate of drug-likeness (QED) is 0.852. The zero-order chi connectivity index (χ0) is 14.2. The molecule has 0 bridgehead atoms. The third-order valence-electron chi connectivity index (χ3n) is 2.92. The number of rotatable bonds is 7. The first-order chi connectivity index (χ1) is 9.78. The van der Waals surface area contributed by atoms with Gasteiger partial charge in [-0.15, -0.1) is 11.3 Å². The zero-order valence-electron chi connectivity index (χ0n) is 11.6. The number of aryl methyl sites for hydroxylation is 2. The first-order valence-corrected chi connectivity index (χ1v) is 7.74. The minimum atomic E-state index is 0.0619. The fourth-order valence-corrected chi connectivity index (χ4v) is 2.74. The zero-order valence-corrected chi connectivity index (χ0v) is 12.4. The van der Waals surface area contributed by atoms with Crippen LogP contribution in [0.15, 0.2) is 29.9 Å². The molecule has 106 valence electrons. The van der Waals surface area contributed by atoms with Gasteiger partial charge >= 0.3 is 0 Å². The molecule has 2 rings (SSSR count). The maximum atomic E-state index is 11.8. The molecule has 2 aromatic heterocycles. The van der Waals surface area contributed by atoms with Gasteiger partial charge in [0.25, 0.3) is 0 Å². The van der Waals surface area contributed by atoms with Crippen LogP contribution in [0.4, 0.5) is 0 Å². The van der Waals surface area contributed by atoms with Gasteiger partial charge in [0, 0.05) is 24.2 Å². The highest BCUT2D eigenvalue weighted by atomic mass is 32.1. The third kappa shape index (κ3) is 4.74. The van der Waals surface area contributed by atoms with Crippen LogP contribution in [-0.2, 0) is 24.2 Å². The SMILES string of the molecule is CCCc1nc(CNC(=O)CCc2ccncc2)cs1. The minimum Gasteiger partial charge on any atom is -0.350 e. The van der Waals surface area contributed by atoms with Crippen LogP contribution in [0.5, 0.6) is 0 Å². The topological polar surface area (TPSA) is 54.9 Å². The Morgan fingerprint density at radius 2 is 2.10 bits per heavy atom. The van der Waals surface area contributed by atoms with Gasteiger partial charge in [0.05, 0.1) is 17.2 Å². The van der Waals surface area contributed by atoms with E-state index in [1.54, 1.807) is 23.7 Å².